The highest BCUT2D eigenvalue weighted by Gasteiger charge is 2.22. The molecule has 0 aliphatic carbocycles. The smallest absolute Gasteiger partial charge is 0.225 e. The summed E-state index contributed by atoms with van der Waals surface area (Å²) in [6.07, 6.45) is 0.917. The van der Waals surface area contributed by atoms with E-state index in [4.69, 9.17) is 0 Å². The Morgan fingerprint density at radius 3 is 2.50 bits per heavy atom. The van der Waals surface area contributed by atoms with Crippen LogP contribution in [0.15, 0.2) is 12.1 Å². The van der Waals surface area contributed by atoms with Crippen molar-refractivity contribution < 1.29 is 4.79 Å². The Labute approximate surface area is 102 Å². The van der Waals surface area contributed by atoms with Crippen LogP contribution in [-0.4, -0.2) is 11.9 Å². The standard InChI is InChI=1S/C13H21NOS/c1-9(14-12(15)13(3,4)5)8-11-7-6-10(2)16-11/h6-7,9H,8H2,1-5H3,(H,14,15). The van der Waals surface area contributed by atoms with Gasteiger partial charge in [-0.15, -0.1) is 11.3 Å². The molecule has 1 aromatic rings. The fourth-order valence-electron chi connectivity index (χ4n) is 1.39. The fourth-order valence-corrected chi connectivity index (χ4v) is 2.41. The summed E-state index contributed by atoms with van der Waals surface area (Å²) in [5.41, 5.74) is -0.306. The summed E-state index contributed by atoms with van der Waals surface area (Å²) >= 11 is 1.80. The van der Waals surface area contributed by atoms with E-state index in [0.29, 0.717) is 0 Å². The first kappa shape index (κ1) is 13.2. The predicted molar refractivity (Wildman–Crippen MR) is 69.8 cm³/mol. The van der Waals surface area contributed by atoms with Crippen LogP contribution in [-0.2, 0) is 11.2 Å². The average molecular weight is 239 g/mol. The summed E-state index contributed by atoms with van der Waals surface area (Å²) in [6.45, 7) is 9.96. The maximum atomic E-state index is 11.8. The van der Waals surface area contributed by atoms with Crippen molar-refractivity contribution in [2.24, 2.45) is 5.41 Å². The number of amides is 1. The Balaban J connectivity index is 2.48. The second-order valence-electron chi connectivity index (χ2n) is 5.34. The highest BCUT2D eigenvalue weighted by atomic mass is 32.1. The molecule has 1 heterocycles. The van der Waals surface area contributed by atoms with Crippen LogP contribution in [0.25, 0.3) is 0 Å². The lowest BCUT2D eigenvalue weighted by atomic mass is 9.95. The van der Waals surface area contributed by atoms with Crippen LogP contribution in [0.4, 0.5) is 0 Å². The summed E-state index contributed by atoms with van der Waals surface area (Å²) in [5.74, 6) is 0.119. The van der Waals surface area contributed by atoms with E-state index in [2.05, 4.69) is 31.3 Å². The molecular formula is C13H21NOS. The van der Waals surface area contributed by atoms with Gasteiger partial charge >= 0.3 is 0 Å². The third-order valence-corrected chi connectivity index (χ3v) is 3.39. The molecule has 0 fully saturated rings. The molecule has 1 rings (SSSR count). The van der Waals surface area contributed by atoms with Crippen molar-refractivity contribution in [2.45, 2.75) is 47.1 Å². The number of hydrogen-bond acceptors (Lipinski definition) is 2. The lowest BCUT2D eigenvalue weighted by Crippen LogP contribution is -2.41. The minimum atomic E-state index is -0.306. The largest absolute Gasteiger partial charge is 0.353 e. The van der Waals surface area contributed by atoms with Crippen LogP contribution >= 0.6 is 11.3 Å². The van der Waals surface area contributed by atoms with Crippen molar-refractivity contribution in [2.75, 3.05) is 0 Å². The van der Waals surface area contributed by atoms with Gasteiger partial charge in [0.15, 0.2) is 0 Å². The van der Waals surface area contributed by atoms with Crippen molar-refractivity contribution >= 4 is 17.2 Å². The van der Waals surface area contributed by atoms with Crippen molar-refractivity contribution in [1.82, 2.24) is 5.32 Å². The zero-order valence-corrected chi connectivity index (χ0v) is 11.6. The number of rotatable bonds is 3. The van der Waals surface area contributed by atoms with E-state index >= 15 is 0 Å². The summed E-state index contributed by atoms with van der Waals surface area (Å²) in [7, 11) is 0. The van der Waals surface area contributed by atoms with Gasteiger partial charge in [-0.25, -0.2) is 0 Å². The van der Waals surface area contributed by atoms with Gasteiger partial charge in [0.2, 0.25) is 5.91 Å². The predicted octanol–water partition coefficient (Wildman–Crippen LogP) is 3.15. The lowest BCUT2D eigenvalue weighted by molar-refractivity contribution is -0.129. The molecule has 3 heteroatoms. The first-order valence-corrected chi connectivity index (χ1v) is 6.47. The number of hydrogen-bond donors (Lipinski definition) is 1. The van der Waals surface area contributed by atoms with E-state index in [1.165, 1.54) is 9.75 Å². The SMILES string of the molecule is Cc1ccc(CC(C)NC(=O)C(C)(C)C)s1. The summed E-state index contributed by atoms with van der Waals surface area (Å²) in [5, 5.41) is 3.05. The average Bonchev–Trinajstić information content (AvgIpc) is 2.49. The van der Waals surface area contributed by atoms with Crippen LogP contribution in [0, 0.1) is 12.3 Å². The molecule has 1 N–H and O–H groups in total. The van der Waals surface area contributed by atoms with Crippen LogP contribution in [0.5, 0.6) is 0 Å². The van der Waals surface area contributed by atoms with Crippen molar-refractivity contribution in [3.05, 3.63) is 21.9 Å². The molecule has 0 aliphatic rings. The van der Waals surface area contributed by atoms with E-state index in [1.807, 2.05) is 20.8 Å². The van der Waals surface area contributed by atoms with Crippen molar-refractivity contribution in [1.29, 1.82) is 0 Å². The van der Waals surface area contributed by atoms with Gasteiger partial charge in [0.1, 0.15) is 0 Å². The molecule has 0 aromatic carbocycles. The quantitative estimate of drug-likeness (QED) is 0.862. The molecule has 1 aromatic heterocycles. The van der Waals surface area contributed by atoms with Gasteiger partial charge in [0.25, 0.3) is 0 Å². The molecule has 0 spiro atoms. The summed E-state index contributed by atoms with van der Waals surface area (Å²) in [6, 6.07) is 4.46. The van der Waals surface area contributed by atoms with Crippen molar-refractivity contribution in [3.8, 4) is 0 Å². The Morgan fingerprint density at radius 1 is 1.44 bits per heavy atom. The van der Waals surface area contributed by atoms with E-state index in [0.717, 1.165) is 6.42 Å². The zero-order valence-electron chi connectivity index (χ0n) is 10.8. The van der Waals surface area contributed by atoms with Gasteiger partial charge in [-0.3, -0.25) is 4.79 Å². The number of thiophene rings is 1. The van der Waals surface area contributed by atoms with Crippen molar-refractivity contribution in [3.63, 3.8) is 0 Å². The lowest BCUT2D eigenvalue weighted by Gasteiger charge is -2.21. The Bertz CT molecular complexity index is 362. The highest BCUT2D eigenvalue weighted by molar-refractivity contribution is 7.11. The van der Waals surface area contributed by atoms with Gasteiger partial charge in [-0.05, 0) is 26.0 Å². The van der Waals surface area contributed by atoms with Gasteiger partial charge in [0, 0.05) is 27.6 Å². The maximum absolute atomic E-state index is 11.8. The Kier molecular flexibility index (Phi) is 4.14. The Hall–Kier alpha value is -0.830. The second-order valence-corrected chi connectivity index (χ2v) is 6.71. The normalized spacial score (nSPS) is 13.6. The van der Waals surface area contributed by atoms with Gasteiger partial charge in [-0.1, -0.05) is 20.8 Å². The second kappa shape index (κ2) is 5.00. The first-order valence-electron chi connectivity index (χ1n) is 5.65. The maximum Gasteiger partial charge on any atom is 0.225 e. The van der Waals surface area contributed by atoms with E-state index in [-0.39, 0.29) is 17.4 Å². The number of carbonyl (C=O) groups excluding carboxylic acids is 1. The molecule has 1 amide bonds. The van der Waals surface area contributed by atoms with Crippen LogP contribution in [0.2, 0.25) is 0 Å². The molecule has 2 nitrogen and oxygen atoms in total. The molecule has 0 bridgehead atoms. The molecule has 1 atom stereocenters. The molecule has 0 saturated carbocycles. The molecule has 90 valence electrons. The van der Waals surface area contributed by atoms with E-state index in [9.17, 15) is 4.79 Å². The first-order chi connectivity index (χ1) is 7.29. The van der Waals surface area contributed by atoms with Crippen LogP contribution in [0.3, 0.4) is 0 Å². The fraction of sp³-hybridized carbons (Fsp3) is 0.615. The van der Waals surface area contributed by atoms with Crippen LogP contribution in [0.1, 0.15) is 37.4 Å². The van der Waals surface area contributed by atoms with Gasteiger partial charge < -0.3 is 5.32 Å². The zero-order chi connectivity index (χ0) is 12.3. The van der Waals surface area contributed by atoms with E-state index in [1.54, 1.807) is 11.3 Å². The molecule has 1 unspecified atom stereocenters. The molecule has 0 saturated heterocycles. The molecule has 0 aliphatic heterocycles. The van der Waals surface area contributed by atoms with Gasteiger partial charge in [-0.2, -0.15) is 0 Å². The van der Waals surface area contributed by atoms with Crippen LogP contribution < -0.4 is 5.32 Å². The minimum Gasteiger partial charge on any atom is -0.353 e. The van der Waals surface area contributed by atoms with Gasteiger partial charge in [0.05, 0.1) is 0 Å². The number of carbonyl (C=O) groups is 1. The molecular weight excluding hydrogens is 218 g/mol. The minimum absolute atomic E-state index is 0.119. The third kappa shape index (κ3) is 3.97. The summed E-state index contributed by atoms with van der Waals surface area (Å²) < 4.78 is 0. The molecule has 0 radical (unpaired) electrons. The summed E-state index contributed by atoms with van der Waals surface area (Å²) in [4.78, 5) is 14.4. The number of aryl methyl sites for hydroxylation is 1. The van der Waals surface area contributed by atoms with E-state index < -0.39 is 0 Å². The topological polar surface area (TPSA) is 29.1 Å². The third-order valence-electron chi connectivity index (χ3n) is 2.36. The number of nitrogens with one attached hydrogen (secondary N) is 1. The Morgan fingerprint density at radius 2 is 2.06 bits per heavy atom. The highest BCUT2D eigenvalue weighted by Crippen LogP contribution is 2.18. The molecule has 16 heavy (non-hydrogen) atoms. The monoisotopic (exact) mass is 239 g/mol.